The molecule has 34 heavy (non-hydrogen) atoms. The van der Waals surface area contributed by atoms with Crippen LogP contribution >= 0.6 is 24.0 Å². The molecule has 3 aromatic carbocycles. The Morgan fingerprint density at radius 2 is 1.50 bits per heavy atom. The highest BCUT2D eigenvalue weighted by Crippen LogP contribution is 2.14. The lowest BCUT2D eigenvalue weighted by molar-refractivity contribution is 0.0827. The fraction of sp³-hybridized carbons (Fsp3) is 0.259. The molecule has 0 heterocycles. The normalized spacial score (nSPS) is 10.7. The summed E-state index contributed by atoms with van der Waals surface area (Å²) in [6.07, 6.45) is 0.876. The number of hydrogen-bond acceptors (Lipinski definition) is 3. The van der Waals surface area contributed by atoms with Gasteiger partial charge in [0.25, 0.3) is 5.91 Å². The lowest BCUT2D eigenvalue weighted by atomic mass is 10.1. The van der Waals surface area contributed by atoms with Crippen molar-refractivity contribution in [1.82, 2.24) is 15.5 Å². The van der Waals surface area contributed by atoms with Crippen molar-refractivity contribution in [3.8, 4) is 5.75 Å². The Balaban J connectivity index is 0.00000408. The van der Waals surface area contributed by atoms with Crippen LogP contribution in [0.3, 0.4) is 0 Å². The van der Waals surface area contributed by atoms with Crippen molar-refractivity contribution in [3.63, 3.8) is 0 Å². The maximum atomic E-state index is 12.0. The zero-order valence-corrected chi connectivity index (χ0v) is 22.3. The molecule has 0 spiro atoms. The molecule has 0 saturated heterocycles. The first-order chi connectivity index (χ1) is 16.0. The van der Waals surface area contributed by atoms with Crippen molar-refractivity contribution in [2.75, 3.05) is 27.7 Å². The molecule has 2 N–H and O–H groups in total. The van der Waals surface area contributed by atoms with Crippen LogP contribution in [0.25, 0.3) is 0 Å². The molecule has 7 heteroatoms. The number of halogens is 1. The van der Waals surface area contributed by atoms with Crippen molar-refractivity contribution in [3.05, 3.63) is 101 Å². The van der Waals surface area contributed by atoms with Crippen molar-refractivity contribution < 1.29 is 9.53 Å². The van der Waals surface area contributed by atoms with Crippen molar-refractivity contribution in [1.29, 1.82) is 0 Å². The molecule has 0 bridgehead atoms. The zero-order valence-electron chi connectivity index (χ0n) is 20.0. The predicted octanol–water partition coefficient (Wildman–Crippen LogP) is 4.49. The van der Waals surface area contributed by atoms with E-state index in [0.29, 0.717) is 18.7 Å². The molecule has 0 fully saturated rings. The summed E-state index contributed by atoms with van der Waals surface area (Å²) in [5, 5.41) is 6.65. The first kappa shape index (κ1) is 27.2. The van der Waals surface area contributed by atoms with Crippen LogP contribution in [0.15, 0.2) is 83.9 Å². The second-order valence-corrected chi connectivity index (χ2v) is 7.92. The lowest BCUT2D eigenvalue weighted by Crippen LogP contribution is -2.37. The third-order valence-electron chi connectivity index (χ3n) is 5.17. The van der Waals surface area contributed by atoms with E-state index in [4.69, 9.17) is 4.74 Å². The number of carbonyl (C=O) groups excluding carboxylic acids is 1. The summed E-state index contributed by atoms with van der Waals surface area (Å²) < 4.78 is 5.85. The smallest absolute Gasteiger partial charge is 0.253 e. The molecule has 0 radical (unpaired) electrons. The van der Waals surface area contributed by atoms with Gasteiger partial charge in [-0.3, -0.25) is 9.79 Å². The Bertz CT molecular complexity index is 1040. The van der Waals surface area contributed by atoms with Crippen LogP contribution in [-0.2, 0) is 19.6 Å². The van der Waals surface area contributed by atoms with Crippen LogP contribution in [0.4, 0.5) is 0 Å². The molecule has 1 amide bonds. The topological polar surface area (TPSA) is 66.0 Å². The molecule has 3 rings (SSSR count). The quantitative estimate of drug-likeness (QED) is 0.225. The molecule has 0 aliphatic carbocycles. The Morgan fingerprint density at radius 1 is 0.853 bits per heavy atom. The molecule has 0 saturated carbocycles. The maximum Gasteiger partial charge on any atom is 0.253 e. The molecule has 180 valence electrons. The summed E-state index contributed by atoms with van der Waals surface area (Å²) in [6, 6.07) is 26.0. The molecule has 0 aliphatic rings. The standard InChI is InChI=1S/C27H32N4O2.HI/c1-28-27(30-19-22-9-13-24(14-10-22)26(32)31(2)3)29-18-17-21-11-15-25(16-12-21)33-20-23-7-5-4-6-8-23;/h4-16H,17-20H2,1-3H3,(H2,28,29,30);1H. The van der Waals surface area contributed by atoms with E-state index in [9.17, 15) is 4.79 Å². The van der Waals surface area contributed by atoms with Crippen molar-refractivity contribution in [2.24, 2.45) is 4.99 Å². The van der Waals surface area contributed by atoms with Gasteiger partial charge in [-0.05, 0) is 47.4 Å². The van der Waals surface area contributed by atoms with E-state index in [0.717, 1.165) is 35.8 Å². The largest absolute Gasteiger partial charge is 0.489 e. The molecular formula is C27H33IN4O2. The highest BCUT2D eigenvalue weighted by Gasteiger charge is 2.07. The number of hydrogen-bond donors (Lipinski definition) is 2. The summed E-state index contributed by atoms with van der Waals surface area (Å²) in [7, 11) is 5.26. The number of nitrogens with one attached hydrogen (secondary N) is 2. The average molecular weight is 572 g/mol. The molecule has 0 aromatic heterocycles. The minimum Gasteiger partial charge on any atom is -0.489 e. The molecule has 6 nitrogen and oxygen atoms in total. The summed E-state index contributed by atoms with van der Waals surface area (Å²) in [6.45, 7) is 1.96. The second-order valence-electron chi connectivity index (χ2n) is 7.92. The SMILES string of the molecule is CN=C(NCCc1ccc(OCc2ccccc2)cc1)NCc1ccc(C(=O)N(C)C)cc1.I. The minimum atomic E-state index is 0. The number of nitrogens with zero attached hydrogens (tertiary/aromatic N) is 2. The van der Waals surface area contributed by atoms with Crippen LogP contribution in [0.1, 0.15) is 27.0 Å². The van der Waals surface area contributed by atoms with Gasteiger partial charge in [0.1, 0.15) is 12.4 Å². The van der Waals surface area contributed by atoms with Gasteiger partial charge in [0.05, 0.1) is 0 Å². The molecule has 3 aromatic rings. The number of ether oxygens (including phenoxy) is 1. The zero-order chi connectivity index (χ0) is 23.5. The minimum absolute atomic E-state index is 0. The van der Waals surface area contributed by atoms with Gasteiger partial charge in [0.2, 0.25) is 0 Å². The van der Waals surface area contributed by atoms with Crippen molar-refractivity contribution in [2.45, 2.75) is 19.6 Å². The Labute approximate surface area is 219 Å². The maximum absolute atomic E-state index is 12.0. The van der Waals surface area contributed by atoms with Gasteiger partial charge < -0.3 is 20.3 Å². The second kappa shape index (κ2) is 14.2. The van der Waals surface area contributed by atoms with Crippen LogP contribution in [0.2, 0.25) is 0 Å². The number of carbonyl (C=O) groups is 1. The van der Waals surface area contributed by atoms with E-state index in [1.807, 2.05) is 54.6 Å². The molecular weight excluding hydrogens is 539 g/mol. The summed E-state index contributed by atoms with van der Waals surface area (Å²) in [4.78, 5) is 17.8. The van der Waals surface area contributed by atoms with Crippen LogP contribution < -0.4 is 15.4 Å². The summed E-state index contributed by atoms with van der Waals surface area (Å²) in [5.41, 5.74) is 4.15. The van der Waals surface area contributed by atoms with Gasteiger partial charge in [-0.2, -0.15) is 0 Å². The number of aliphatic imine (C=N–C) groups is 1. The highest BCUT2D eigenvalue weighted by atomic mass is 127. The van der Waals surface area contributed by atoms with Crippen LogP contribution in [-0.4, -0.2) is 44.5 Å². The van der Waals surface area contributed by atoms with Gasteiger partial charge >= 0.3 is 0 Å². The molecule has 0 atom stereocenters. The van der Waals surface area contributed by atoms with E-state index < -0.39 is 0 Å². The van der Waals surface area contributed by atoms with Gasteiger partial charge in [0, 0.05) is 39.8 Å². The lowest BCUT2D eigenvalue weighted by Gasteiger charge is -2.13. The highest BCUT2D eigenvalue weighted by molar-refractivity contribution is 14.0. The first-order valence-corrected chi connectivity index (χ1v) is 11.1. The van der Waals surface area contributed by atoms with E-state index >= 15 is 0 Å². The Morgan fingerprint density at radius 3 is 2.12 bits per heavy atom. The average Bonchev–Trinajstić information content (AvgIpc) is 2.86. The van der Waals surface area contributed by atoms with E-state index in [1.165, 1.54) is 5.56 Å². The first-order valence-electron chi connectivity index (χ1n) is 11.1. The summed E-state index contributed by atoms with van der Waals surface area (Å²) >= 11 is 0. The molecule has 0 unspecified atom stereocenters. The Hall–Kier alpha value is -3.07. The van der Waals surface area contributed by atoms with Crippen LogP contribution in [0, 0.1) is 0 Å². The van der Waals surface area contributed by atoms with Gasteiger partial charge in [0.15, 0.2) is 5.96 Å². The van der Waals surface area contributed by atoms with E-state index in [-0.39, 0.29) is 29.9 Å². The number of rotatable bonds is 9. The van der Waals surface area contributed by atoms with Crippen LogP contribution in [0.5, 0.6) is 5.75 Å². The van der Waals surface area contributed by atoms with Gasteiger partial charge in [-0.15, -0.1) is 24.0 Å². The van der Waals surface area contributed by atoms with Gasteiger partial charge in [-0.25, -0.2) is 0 Å². The number of benzene rings is 3. The van der Waals surface area contributed by atoms with Crippen molar-refractivity contribution >= 4 is 35.8 Å². The van der Waals surface area contributed by atoms with E-state index in [2.05, 4.69) is 39.9 Å². The fourth-order valence-corrected chi connectivity index (χ4v) is 3.25. The predicted molar refractivity (Wildman–Crippen MR) is 149 cm³/mol. The number of amides is 1. The number of guanidine groups is 1. The Kier molecular flexibility index (Phi) is 11.4. The molecule has 0 aliphatic heterocycles. The van der Waals surface area contributed by atoms with Gasteiger partial charge in [-0.1, -0.05) is 54.6 Å². The van der Waals surface area contributed by atoms with E-state index in [1.54, 1.807) is 26.0 Å². The monoisotopic (exact) mass is 572 g/mol. The third kappa shape index (κ3) is 8.70. The summed E-state index contributed by atoms with van der Waals surface area (Å²) in [5.74, 6) is 1.61. The fourth-order valence-electron chi connectivity index (χ4n) is 3.25. The third-order valence-corrected chi connectivity index (χ3v) is 5.17.